The molecule has 1 aliphatic heterocycles. The van der Waals surface area contributed by atoms with Gasteiger partial charge in [-0.05, 0) is 37.8 Å². The number of rotatable bonds is 2. The minimum Gasteiger partial charge on any atom is -0.496 e. The van der Waals surface area contributed by atoms with Gasteiger partial charge in [0.2, 0.25) is 5.78 Å². The molecule has 1 aromatic rings. The Morgan fingerprint density at radius 1 is 1.22 bits per heavy atom. The SMILES string of the molecule is COc1ccccc1C1=CC(=O)C2(CCCC2)O1. The molecule has 3 rings (SSSR count). The van der Waals surface area contributed by atoms with E-state index < -0.39 is 5.60 Å². The highest BCUT2D eigenvalue weighted by Gasteiger charge is 2.47. The fourth-order valence-corrected chi connectivity index (χ4v) is 2.82. The summed E-state index contributed by atoms with van der Waals surface area (Å²) in [5.41, 5.74) is 0.285. The summed E-state index contributed by atoms with van der Waals surface area (Å²) in [7, 11) is 1.63. The molecule has 0 aromatic heterocycles. The number of para-hydroxylation sites is 1. The molecular formula is C15H16O3. The Labute approximate surface area is 106 Å². The van der Waals surface area contributed by atoms with Gasteiger partial charge in [-0.1, -0.05) is 12.1 Å². The highest BCUT2D eigenvalue weighted by molar-refractivity contribution is 6.05. The summed E-state index contributed by atoms with van der Waals surface area (Å²) in [4.78, 5) is 12.1. The van der Waals surface area contributed by atoms with Gasteiger partial charge >= 0.3 is 0 Å². The summed E-state index contributed by atoms with van der Waals surface area (Å²) in [5.74, 6) is 1.51. The van der Waals surface area contributed by atoms with E-state index in [0.29, 0.717) is 5.76 Å². The van der Waals surface area contributed by atoms with E-state index >= 15 is 0 Å². The van der Waals surface area contributed by atoms with Crippen LogP contribution < -0.4 is 4.74 Å². The van der Waals surface area contributed by atoms with E-state index in [1.54, 1.807) is 13.2 Å². The fourth-order valence-electron chi connectivity index (χ4n) is 2.82. The molecule has 1 spiro atoms. The molecule has 0 atom stereocenters. The predicted molar refractivity (Wildman–Crippen MR) is 68.3 cm³/mol. The first kappa shape index (κ1) is 11.3. The molecule has 1 aliphatic carbocycles. The monoisotopic (exact) mass is 244 g/mol. The van der Waals surface area contributed by atoms with Crippen LogP contribution in [-0.2, 0) is 9.53 Å². The minimum absolute atomic E-state index is 0.112. The number of hydrogen-bond donors (Lipinski definition) is 0. The van der Waals surface area contributed by atoms with Crippen LogP contribution in [-0.4, -0.2) is 18.5 Å². The Kier molecular flexibility index (Phi) is 2.62. The summed E-state index contributed by atoms with van der Waals surface area (Å²) in [6, 6.07) is 7.63. The number of ether oxygens (including phenoxy) is 2. The van der Waals surface area contributed by atoms with Gasteiger partial charge in [0, 0.05) is 6.08 Å². The van der Waals surface area contributed by atoms with Gasteiger partial charge in [-0.2, -0.15) is 0 Å². The second-order valence-electron chi connectivity index (χ2n) is 4.88. The summed E-state index contributed by atoms with van der Waals surface area (Å²) in [5, 5.41) is 0. The van der Waals surface area contributed by atoms with Crippen molar-refractivity contribution in [1.29, 1.82) is 0 Å². The topological polar surface area (TPSA) is 35.5 Å². The molecule has 2 aliphatic rings. The van der Waals surface area contributed by atoms with Crippen molar-refractivity contribution in [2.75, 3.05) is 7.11 Å². The van der Waals surface area contributed by atoms with Gasteiger partial charge < -0.3 is 9.47 Å². The van der Waals surface area contributed by atoms with Crippen molar-refractivity contribution in [3.63, 3.8) is 0 Å². The summed E-state index contributed by atoms with van der Waals surface area (Å²) in [6.45, 7) is 0. The number of methoxy groups -OCH3 is 1. The van der Waals surface area contributed by atoms with Crippen LogP contribution in [0.5, 0.6) is 5.75 Å². The molecule has 18 heavy (non-hydrogen) atoms. The second kappa shape index (κ2) is 4.16. The molecular weight excluding hydrogens is 228 g/mol. The van der Waals surface area contributed by atoms with Gasteiger partial charge in [-0.15, -0.1) is 0 Å². The molecule has 0 N–H and O–H groups in total. The van der Waals surface area contributed by atoms with Crippen molar-refractivity contribution >= 4 is 11.5 Å². The highest BCUT2D eigenvalue weighted by atomic mass is 16.5. The first-order chi connectivity index (χ1) is 8.75. The smallest absolute Gasteiger partial charge is 0.202 e. The molecule has 1 saturated carbocycles. The van der Waals surface area contributed by atoms with E-state index in [2.05, 4.69) is 0 Å². The van der Waals surface area contributed by atoms with Crippen molar-refractivity contribution < 1.29 is 14.3 Å². The van der Waals surface area contributed by atoms with Gasteiger partial charge in [-0.25, -0.2) is 0 Å². The second-order valence-corrected chi connectivity index (χ2v) is 4.88. The number of hydrogen-bond acceptors (Lipinski definition) is 3. The van der Waals surface area contributed by atoms with Crippen LogP contribution in [0.4, 0.5) is 0 Å². The standard InChI is InChI=1S/C15H16O3/c1-17-12-7-3-2-6-11(12)13-10-14(16)15(18-13)8-4-5-9-15/h2-3,6-7,10H,4-5,8-9H2,1H3. The van der Waals surface area contributed by atoms with Crippen LogP contribution in [0.15, 0.2) is 30.3 Å². The van der Waals surface area contributed by atoms with Gasteiger partial charge in [0.25, 0.3) is 0 Å². The fraction of sp³-hybridized carbons (Fsp3) is 0.400. The Hall–Kier alpha value is -1.77. The Morgan fingerprint density at radius 3 is 2.67 bits per heavy atom. The lowest BCUT2D eigenvalue weighted by molar-refractivity contribution is -0.128. The zero-order valence-electron chi connectivity index (χ0n) is 10.4. The van der Waals surface area contributed by atoms with Crippen LogP contribution >= 0.6 is 0 Å². The van der Waals surface area contributed by atoms with Crippen LogP contribution in [0.2, 0.25) is 0 Å². The highest BCUT2D eigenvalue weighted by Crippen LogP contribution is 2.44. The van der Waals surface area contributed by atoms with Gasteiger partial charge in [0.1, 0.15) is 11.5 Å². The van der Waals surface area contributed by atoms with Crippen LogP contribution in [0, 0.1) is 0 Å². The van der Waals surface area contributed by atoms with Crippen molar-refractivity contribution in [1.82, 2.24) is 0 Å². The molecule has 3 heteroatoms. The van der Waals surface area contributed by atoms with E-state index in [0.717, 1.165) is 37.0 Å². The van der Waals surface area contributed by atoms with Crippen LogP contribution in [0.3, 0.4) is 0 Å². The zero-order chi connectivity index (χ0) is 12.6. The first-order valence-electron chi connectivity index (χ1n) is 6.34. The average molecular weight is 244 g/mol. The molecule has 1 fully saturated rings. The maximum atomic E-state index is 12.1. The van der Waals surface area contributed by atoms with Crippen molar-refractivity contribution in [3.05, 3.63) is 35.9 Å². The first-order valence-corrected chi connectivity index (χ1v) is 6.34. The third kappa shape index (κ3) is 1.62. The minimum atomic E-state index is -0.573. The molecule has 0 radical (unpaired) electrons. The van der Waals surface area contributed by atoms with Crippen LogP contribution in [0.25, 0.3) is 5.76 Å². The summed E-state index contributed by atoms with van der Waals surface area (Å²) >= 11 is 0. The molecule has 3 nitrogen and oxygen atoms in total. The zero-order valence-corrected chi connectivity index (χ0v) is 10.4. The third-order valence-electron chi connectivity index (χ3n) is 3.80. The maximum absolute atomic E-state index is 12.1. The Balaban J connectivity index is 1.95. The van der Waals surface area contributed by atoms with E-state index in [4.69, 9.17) is 9.47 Å². The summed E-state index contributed by atoms with van der Waals surface area (Å²) in [6.07, 6.45) is 5.43. The molecule has 0 unspecified atom stereocenters. The molecule has 1 heterocycles. The molecule has 0 amide bonds. The summed E-state index contributed by atoms with van der Waals surface area (Å²) < 4.78 is 11.3. The maximum Gasteiger partial charge on any atom is 0.202 e. The van der Waals surface area contributed by atoms with E-state index in [9.17, 15) is 4.79 Å². The molecule has 94 valence electrons. The van der Waals surface area contributed by atoms with Gasteiger partial charge in [-0.3, -0.25) is 4.79 Å². The average Bonchev–Trinajstić information content (AvgIpc) is 2.99. The number of ketones is 1. The number of carbonyl (C=O) groups excluding carboxylic acids is 1. The van der Waals surface area contributed by atoms with Gasteiger partial charge in [0.05, 0.1) is 12.7 Å². The Bertz CT molecular complexity index is 510. The normalized spacial score (nSPS) is 20.9. The van der Waals surface area contributed by atoms with E-state index in [-0.39, 0.29) is 5.78 Å². The lowest BCUT2D eigenvalue weighted by atomic mass is 9.98. The largest absolute Gasteiger partial charge is 0.496 e. The van der Waals surface area contributed by atoms with E-state index in [1.165, 1.54) is 0 Å². The quantitative estimate of drug-likeness (QED) is 0.802. The number of benzene rings is 1. The van der Waals surface area contributed by atoms with Crippen molar-refractivity contribution in [3.8, 4) is 5.75 Å². The third-order valence-corrected chi connectivity index (χ3v) is 3.80. The Morgan fingerprint density at radius 2 is 1.94 bits per heavy atom. The van der Waals surface area contributed by atoms with Crippen molar-refractivity contribution in [2.24, 2.45) is 0 Å². The lowest BCUT2D eigenvalue weighted by Gasteiger charge is -2.23. The molecule has 0 bridgehead atoms. The van der Waals surface area contributed by atoms with Crippen molar-refractivity contribution in [2.45, 2.75) is 31.3 Å². The van der Waals surface area contributed by atoms with Gasteiger partial charge in [0.15, 0.2) is 5.60 Å². The van der Waals surface area contributed by atoms with E-state index in [1.807, 2.05) is 24.3 Å². The van der Waals surface area contributed by atoms with Crippen LogP contribution in [0.1, 0.15) is 31.2 Å². The molecule has 1 aromatic carbocycles. The predicted octanol–water partition coefficient (Wildman–Crippen LogP) is 2.95. The lowest BCUT2D eigenvalue weighted by Crippen LogP contribution is -2.32. The molecule has 0 saturated heterocycles. The number of carbonyl (C=O) groups is 1.